The van der Waals surface area contributed by atoms with Gasteiger partial charge in [0.2, 0.25) is 12.2 Å². The van der Waals surface area contributed by atoms with Crippen molar-refractivity contribution in [3.8, 4) is 17.2 Å². The van der Waals surface area contributed by atoms with Gasteiger partial charge < -0.3 is 59.6 Å². The molecule has 7 N–H and O–H groups in total. The maximum absolute atomic E-state index is 12.9. The van der Waals surface area contributed by atoms with Gasteiger partial charge in [-0.2, -0.15) is 0 Å². The molecule has 250 valence electrons. The molecular formula is C31H35Cl2NO12. The summed E-state index contributed by atoms with van der Waals surface area (Å²) in [4.78, 5) is 12.9. The Hall–Kier alpha value is -2.95. The SMILES string of the molecule is C/C(=C\c1ccc(O[C@@H]2O[C@H](/C(C)=C/COc3cc(Cl)ccc3Cl)[C@@H](O)[C@@H]2O)c(O)c1)C(=O)N[C@@H]1[C@H](O)[C@@H](O)[C@H]2OCO[C@H]2[C@@H]1O. The van der Waals surface area contributed by atoms with Crippen molar-refractivity contribution in [2.75, 3.05) is 13.4 Å². The van der Waals surface area contributed by atoms with E-state index in [1.54, 1.807) is 31.2 Å². The molecule has 0 aromatic heterocycles. The molecule has 2 aliphatic heterocycles. The number of aliphatic hydroxyl groups is 5. The number of hydrogen-bond donors (Lipinski definition) is 7. The topological polar surface area (TPSA) is 197 Å². The molecule has 1 amide bonds. The molecule has 0 spiro atoms. The first-order valence-electron chi connectivity index (χ1n) is 14.4. The number of fused-ring (bicyclic) bond motifs is 1. The summed E-state index contributed by atoms with van der Waals surface area (Å²) in [6.07, 6.45) is -7.93. The van der Waals surface area contributed by atoms with E-state index in [1.807, 2.05) is 0 Å². The Kier molecular flexibility index (Phi) is 10.8. The molecule has 46 heavy (non-hydrogen) atoms. The van der Waals surface area contributed by atoms with Crippen LogP contribution < -0.4 is 14.8 Å². The van der Waals surface area contributed by atoms with Crippen LogP contribution in [0.4, 0.5) is 0 Å². The first-order valence-corrected chi connectivity index (χ1v) is 15.1. The molecule has 2 saturated heterocycles. The minimum Gasteiger partial charge on any atom is -0.504 e. The Morgan fingerprint density at radius 2 is 1.65 bits per heavy atom. The van der Waals surface area contributed by atoms with Crippen LogP contribution in [0.3, 0.4) is 0 Å². The number of aromatic hydroxyl groups is 1. The molecule has 3 aliphatic rings. The summed E-state index contributed by atoms with van der Waals surface area (Å²) in [7, 11) is 0. The van der Waals surface area contributed by atoms with Crippen LogP contribution in [-0.4, -0.2) is 111 Å². The number of phenolic OH excluding ortho intramolecular Hbond substituents is 1. The van der Waals surface area contributed by atoms with Crippen molar-refractivity contribution in [1.29, 1.82) is 0 Å². The highest BCUT2D eigenvalue weighted by Gasteiger charge is 2.53. The van der Waals surface area contributed by atoms with Crippen molar-refractivity contribution in [3.63, 3.8) is 0 Å². The zero-order valence-electron chi connectivity index (χ0n) is 24.7. The number of carbonyl (C=O) groups excluding carboxylic acids is 1. The number of benzene rings is 2. The highest BCUT2D eigenvalue weighted by atomic mass is 35.5. The average molecular weight is 685 g/mol. The third-order valence-electron chi connectivity index (χ3n) is 8.07. The van der Waals surface area contributed by atoms with Gasteiger partial charge in [0, 0.05) is 16.7 Å². The van der Waals surface area contributed by atoms with E-state index >= 15 is 0 Å². The molecule has 2 aromatic rings. The summed E-state index contributed by atoms with van der Waals surface area (Å²) in [6.45, 7) is 3.11. The van der Waals surface area contributed by atoms with Crippen molar-refractivity contribution >= 4 is 35.2 Å². The van der Waals surface area contributed by atoms with Crippen LogP contribution in [0, 0.1) is 0 Å². The number of aliphatic hydroxyl groups excluding tert-OH is 5. The van der Waals surface area contributed by atoms with E-state index in [-0.39, 0.29) is 30.5 Å². The van der Waals surface area contributed by atoms with Gasteiger partial charge in [-0.25, -0.2) is 0 Å². The fraction of sp³-hybridized carbons (Fsp3) is 0.452. The third kappa shape index (κ3) is 7.29. The average Bonchev–Trinajstić information content (AvgIpc) is 3.62. The van der Waals surface area contributed by atoms with Crippen molar-refractivity contribution in [1.82, 2.24) is 5.32 Å². The van der Waals surface area contributed by atoms with Crippen LogP contribution in [0.1, 0.15) is 19.4 Å². The van der Waals surface area contributed by atoms with Crippen molar-refractivity contribution in [2.45, 2.75) is 75.0 Å². The number of ether oxygens (including phenoxy) is 5. The standard InChI is InChI=1S/C31H35Cl2NO12/c1-13(7-8-42-20-11-16(32)4-5-17(20)33)27-25(39)26(40)31(46-27)45-19-6-3-15(10-18(19)35)9-14(2)30(41)34-21-22(36)24(38)29-28(23(21)37)43-12-44-29/h3-7,9-11,21-29,31,35-40H,8,12H2,1-2H3,(H,34,41)/b13-7+,14-9+/t21-,22+,23-,24-,25+,26+,27-,28+,29-,31-/m1/s1. The van der Waals surface area contributed by atoms with Crippen LogP contribution in [0.15, 0.2) is 53.6 Å². The minimum atomic E-state index is -1.50. The second-order valence-electron chi connectivity index (χ2n) is 11.3. The van der Waals surface area contributed by atoms with Gasteiger partial charge in [-0.15, -0.1) is 0 Å². The van der Waals surface area contributed by atoms with Gasteiger partial charge in [-0.1, -0.05) is 29.3 Å². The van der Waals surface area contributed by atoms with Gasteiger partial charge in [0.1, 0.15) is 68.0 Å². The molecule has 1 saturated carbocycles. The lowest BCUT2D eigenvalue weighted by Crippen LogP contribution is -2.67. The highest BCUT2D eigenvalue weighted by Crippen LogP contribution is 2.34. The molecule has 0 radical (unpaired) electrons. The molecule has 0 unspecified atom stereocenters. The quantitative estimate of drug-likeness (QED) is 0.148. The van der Waals surface area contributed by atoms with Crippen molar-refractivity contribution in [2.24, 2.45) is 0 Å². The lowest BCUT2D eigenvalue weighted by Gasteiger charge is -2.41. The maximum atomic E-state index is 12.9. The van der Waals surface area contributed by atoms with Gasteiger partial charge in [0.15, 0.2) is 11.5 Å². The molecule has 15 heteroatoms. The van der Waals surface area contributed by atoms with Gasteiger partial charge in [0.05, 0.1) is 11.1 Å². The largest absolute Gasteiger partial charge is 0.504 e. The number of amides is 1. The highest BCUT2D eigenvalue weighted by molar-refractivity contribution is 6.34. The lowest BCUT2D eigenvalue weighted by atomic mass is 9.83. The molecule has 3 fully saturated rings. The predicted octanol–water partition coefficient (Wildman–Crippen LogP) is 1.28. The Morgan fingerprint density at radius 1 is 0.935 bits per heavy atom. The zero-order chi connectivity index (χ0) is 33.3. The Balaban J connectivity index is 1.18. The first kappa shape index (κ1) is 34.4. The van der Waals surface area contributed by atoms with Crippen LogP contribution in [0.2, 0.25) is 10.0 Å². The molecule has 0 bridgehead atoms. The summed E-state index contributed by atoms with van der Waals surface area (Å²) in [6, 6.07) is 7.83. The monoisotopic (exact) mass is 683 g/mol. The first-order chi connectivity index (χ1) is 21.8. The zero-order valence-corrected chi connectivity index (χ0v) is 26.2. The Morgan fingerprint density at radius 3 is 2.37 bits per heavy atom. The summed E-state index contributed by atoms with van der Waals surface area (Å²) in [5, 5.41) is 66.5. The molecule has 5 rings (SSSR count). The minimum absolute atomic E-state index is 0.0486. The van der Waals surface area contributed by atoms with Gasteiger partial charge >= 0.3 is 0 Å². The third-order valence-corrected chi connectivity index (χ3v) is 8.62. The van der Waals surface area contributed by atoms with Crippen LogP contribution in [0.25, 0.3) is 6.08 Å². The number of hydrogen-bond acceptors (Lipinski definition) is 12. The molecular weight excluding hydrogens is 649 g/mol. The number of carbonyl (C=O) groups is 1. The number of nitrogens with one attached hydrogen (secondary N) is 1. The van der Waals surface area contributed by atoms with E-state index in [2.05, 4.69) is 5.32 Å². The molecule has 10 atom stereocenters. The van der Waals surface area contributed by atoms with Crippen LogP contribution >= 0.6 is 23.2 Å². The molecule has 13 nitrogen and oxygen atoms in total. The van der Waals surface area contributed by atoms with Crippen LogP contribution in [-0.2, 0) is 19.0 Å². The van der Waals surface area contributed by atoms with Crippen LogP contribution in [0.5, 0.6) is 17.2 Å². The number of halogens is 2. The Labute approximate surface area is 274 Å². The van der Waals surface area contributed by atoms with E-state index in [0.29, 0.717) is 26.9 Å². The normalized spacial score (nSPS) is 33.1. The molecule has 2 aromatic carbocycles. The van der Waals surface area contributed by atoms with E-state index < -0.39 is 67.1 Å². The summed E-state index contributed by atoms with van der Waals surface area (Å²) in [5.41, 5.74) is 1.12. The fourth-order valence-corrected chi connectivity index (χ4v) is 5.81. The van der Waals surface area contributed by atoms with E-state index in [1.165, 1.54) is 31.2 Å². The summed E-state index contributed by atoms with van der Waals surface area (Å²) >= 11 is 12.1. The van der Waals surface area contributed by atoms with Crippen molar-refractivity contribution in [3.05, 3.63) is 69.2 Å². The smallest absolute Gasteiger partial charge is 0.247 e. The van der Waals surface area contributed by atoms with Gasteiger partial charge in [0.25, 0.3) is 0 Å². The predicted molar refractivity (Wildman–Crippen MR) is 163 cm³/mol. The maximum Gasteiger partial charge on any atom is 0.247 e. The van der Waals surface area contributed by atoms with E-state index in [0.717, 1.165) is 0 Å². The van der Waals surface area contributed by atoms with E-state index in [4.69, 9.17) is 46.9 Å². The second kappa shape index (κ2) is 14.4. The summed E-state index contributed by atoms with van der Waals surface area (Å²) in [5.74, 6) is -0.640. The molecule has 2 heterocycles. The van der Waals surface area contributed by atoms with E-state index in [9.17, 15) is 35.4 Å². The Bertz CT molecular complexity index is 1490. The summed E-state index contributed by atoms with van der Waals surface area (Å²) < 4.78 is 27.6. The number of phenols is 1. The van der Waals surface area contributed by atoms with Gasteiger partial charge in [-0.3, -0.25) is 4.79 Å². The fourth-order valence-electron chi connectivity index (χ4n) is 5.47. The second-order valence-corrected chi connectivity index (χ2v) is 12.1. The van der Waals surface area contributed by atoms with Gasteiger partial charge in [-0.05, 0) is 61.4 Å². The number of rotatable bonds is 9. The lowest BCUT2D eigenvalue weighted by molar-refractivity contribution is -0.155. The molecule has 1 aliphatic carbocycles. The van der Waals surface area contributed by atoms with Crippen molar-refractivity contribution < 1.29 is 59.1 Å².